The summed E-state index contributed by atoms with van der Waals surface area (Å²) >= 11 is 11.7. The molecule has 96 valence electrons. The number of ether oxygens (including phenoxy) is 3. The molecule has 0 atom stereocenters. The van der Waals surface area contributed by atoms with Crippen molar-refractivity contribution in [1.82, 2.24) is 4.98 Å². The van der Waals surface area contributed by atoms with Gasteiger partial charge in [-0.3, -0.25) is 0 Å². The van der Waals surface area contributed by atoms with Crippen LogP contribution in [0.5, 0.6) is 0 Å². The molecule has 0 saturated heterocycles. The molecule has 0 spiro atoms. The average Bonchev–Trinajstić information content (AvgIpc) is 2.32. The molecule has 0 aliphatic carbocycles. The lowest BCUT2D eigenvalue weighted by Crippen LogP contribution is -2.08. The number of hydrogen-bond acceptors (Lipinski definition) is 4. The van der Waals surface area contributed by atoms with E-state index < -0.39 is 0 Å². The van der Waals surface area contributed by atoms with Crippen molar-refractivity contribution in [2.75, 3.05) is 33.5 Å². The van der Waals surface area contributed by atoms with Crippen LogP contribution in [0.4, 0.5) is 0 Å². The molecule has 1 aromatic heterocycles. The molecular formula is C11H15Cl2NO3. The molecule has 1 heterocycles. The van der Waals surface area contributed by atoms with Crippen LogP contribution >= 0.6 is 23.2 Å². The van der Waals surface area contributed by atoms with Gasteiger partial charge in [-0.25, -0.2) is 4.98 Å². The van der Waals surface area contributed by atoms with Gasteiger partial charge in [-0.05, 0) is 12.1 Å². The summed E-state index contributed by atoms with van der Waals surface area (Å²) in [5.74, 6) is 0. The van der Waals surface area contributed by atoms with E-state index in [1.165, 1.54) is 0 Å². The lowest BCUT2D eigenvalue weighted by molar-refractivity contribution is 0.0192. The van der Waals surface area contributed by atoms with Gasteiger partial charge in [-0.15, -0.1) is 0 Å². The summed E-state index contributed by atoms with van der Waals surface area (Å²) in [6, 6.07) is 3.34. The Balaban J connectivity index is 2.15. The number of nitrogens with zero attached hydrogens (tertiary/aromatic N) is 1. The Labute approximate surface area is 111 Å². The topological polar surface area (TPSA) is 40.6 Å². The average molecular weight is 280 g/mol. The van der Waals surface area contributed by atoms with Crippen molar-refractivity contribution in [3.63, 3.8) is 0 Å². The van der Waals surface area contributed by atoms with Crippen LogP contribution in [0, 0.1) is 0 Å². The van der Waals surface area contributed by atoms with Crippen LogP contribution in [0.1, 0.15) is 5.69 Å². The van der Waals surface area contributed by atoms with Gasteiger partial charge >= 0.3 is 0 Å². The fourth-order valence-electron chi connectivity index (χ4n) is 1.09. The fraction of sp³-hybridized carbons (Fsp3) is 0.545. The summed E-state index contributed by atoms with van der Waals surface area (Å²) in [6.07, 6.45) is 0. The molecule has 0 aromatic carbocycles. The quantitative estimate of drug-likeness (QED) is 0.542. The van der Waals surface area contributed by atoms with Crippen LogP contribution in [-0.2, 0) is 20.8 Å². The number of aromatic nitrogens is 1. The predicted octanol–water partition coefficient (Wildman–Crippen LogP) is 2.57. The van der Waals surface area contributed by atoms with E-state index in [2.05, 4.69) is 4.98 Å². The van der Waals surface area contributed by atoms with Crippen LogP contribution in [0.15, 0.2) is 12.1 Å². The Hall–Kier alpha value is -0.390. The number of halogens is 2. The Morgan fingerprint density at radius 2 is 1.76 bits per heavy atom. The molecule has 1 aromatic rings. The van der Waals surface area contributed by atoms with Gasteiger partial charge in [0.25, 0.3) is 0 Å². The summed E-state index contributed by atoms with van der Waals surface area (Å²) in [6.45, 7) is 2.47. The molecule has 6 heteroatoms. The van der Waals surface area contributed by atoms with Gasteiger partial charge < -0.3 is 14.2 Å². The third kappa shape index (κ3) is 6.19. The van der Waals surface area contributed by atoms with E-state index in [-0.39, 0.29) is 0 Å². The molecule has 1 rings (SSSR count). The minimum Gasteiger partial charge on any atom is -0.382 e. The van der Waals surface area contributed by atoms with Crippen LogP contribution in [0.25, 0.3) is 0 Å². The van der Waals surface area contributed by atoms with E-state index in [0.717, 1.165) is 0 Å². The van der Waals surface area contributed by atoms with E-state index in [0.29, 0.717) is 48.9 Å². The summed E-state index contributed by atoms with van der Waals surface area (Å²) in [5, 5.41) is 0.957. The molecule has 0 aliphatic heterocycles. The molecular weight excluding hydrogens is 265 g/mol. The van der Waals surface area contributed by atoms with Crippen LogP contribution in [0.3, 0.4) is 0 Å². The molecule has 0 aliphatic rings. The molecule has 0 amide bonds. The summed E-state index contributed by atoms with van der Waals surface area (Å²) in [7, 11) is 1.63. The molecule has 0 saturated carbocycles. The van der Waals surface area contributed by atoms with Crippen LogP contribution < -0.4 is 0 Å². The third-order valence-corrected chi connectivity index (χ3v) is 2.48. The zero-order chi connectivity index (χ0) is 12.5. The monoisotopic (exact) mass is 279 g/mol. The lowest BCUT2D eigenvalue weighted by atomic mass is 10.4. The third-order valence-electron chi connectivity index (χ3n) is 1.93. The molecule has 0 N–H and O–H groups in total. The largest absolute Gasteiger partial charge is 0.382 e. The number of methoxy groups -OCH3 is 1. The van der Waals surface area contributed by atoms with Crippen molar-refractivity contribution in [1.29, 1.82) is 0 Å². The minimum absolute atomic E-state index is 0.326. The van der Waals surface area contributed by atoms with Crippen molar-refractivity contribution in [2.45, 2.75) is 6.61 Å². The summed E-state index contributed by atoms with van der Waals surface area (Å²) in [4.78, 5) is 4.07. The maximum Gasteiger partial charge on any atom is 0.129 e. The van der Waals surface area contributed by atoms with Crippen LogP contribution in [-0.4, -0.2) is 38.5 Å². The molecule has 0 radical (unpaired) electrons. The van der Waals surface area contributed by atoms with E-state index >= 15 is 0 Å². The van der Waals surface area contributed by atoms with Crippen molar-refractivity contribution in [3.05, 3.63) is 28.0 Å². The van der Waals surface area contributed by atoms with Gasteiger partial charge in [0.15, 0.2) is 0 Å². The van der Waals surface area contributed by atoms with Gasteiger partial charge in [0.05, 0.1) is 43.8 Å². The summed E-state index contributed by atoms with van der Waals surface area (Å²) < 4.78 is 15.4. The zero-order valence-electron chi connectivity index (χ0n) is 9.62. The van der Waals surface area contributed by atoms with Gasteiger partial charge in [0.1, 0.15) is 5.15 Å². The second-order valence-corrected chi connectivity index (χ2v) is 4.01. The smallest absolute Gasteiger partial charge is 0.129 e. The van der Waals surface area contributed by atoms with Crippen molar-refractivity contribution >= 4 is 23.2 Å². The van der Waals surface area contributed by atoms with Crippen molar-refractivity contribution in [2.24, 2.45) is 0 Å². The van der Waals surface area contributed by atoms with E-state index in [4.69, 9.17) is 37.4 Å². The lowest BCUT2D eigenvalue weighted by Gasteiger charge is -2.06. The van der Waals surface area contributed by atoms with E-state index in [1.807, 2.05) is 0 Å². The Morgan fingerprint density at radius 1 is 1.06 bits per heavy atom. The maximum absolute atomic E-state index is 5.93. The molecule has 0 bridgehead atoms. The number of hydrogen-bond donors (Lipinski definition) is 0. The number of pyridine rings is 1. The van der Waals surface area contributed by atoms with E-state index in [1.54, 1.807) is 19.2 Å². The van der Waals surface area contributed by atoms with Gasteiger partial charge in [0, 0.05) is 7.11 Å². The van der Waals surface area contributed by atoms with E-state index in [9.17, 15) is 0 Å². The Kier molecular flexibility index (Phi) is 7.48. The van der Waals surface area contributed by atoms with Gasteiger partial charge in [-0.1, -0.05) is 23.2 Å². The second kappa shape index (κ2) is 8.66. The highest BCUT2D eigenvalue weighted by atomic mass is 35.5. The highest BCUT2D eigenvalue weighted by molar-refractivity contribution is 6.32. The Bertz CT molecular complexity index is 336. The molecule has 0 unspecified atom stereocenters. The first-order valence-electron chi connectivity index (χ1n) is 5.19. The maximum atomic E-state index is 5.93. The predicted molar refractivity (Wildman–Crippen MR) is 66.6 cm³/mol. The van der Waals surface area contributed by atoms with Gasteiger partial charge in [0.2, 0.25) is 0 Å². The highest BCUT2D eigenvalue weighted by Gasteiger charge is 2.03. The first kappa shape index (κ1) is 14.7. The first-order valence-corrected chi connectivity index (χ1v) is 5.95. The zero-order valence-corrected chi connectivity index (χ0v) is 11.1. The standard InChI is InChI=1S/C11H15Cl2NO3/c1-15-4-5-16-6-7-17-8-10-9(12)2-3-11(13)14-10/h2-3H,4-8H2,1H3. The van der Waals surface area contributed by atoms with Gasteiger partial charge in [-0.2, -0.15) is 0 Å². The van der Waals surface area contributed by atoms with Crippen LogP contribution in [0.2, 0.25) is 10.2 Å². The molecule has 0 fully saturated rings. The summed E-state index contributed by atoms with van der Waals surface area (Å²) in [5.41, 5.74) is 0.635. The second-order valence-electron chi connectivity index (χ2n) is 3.22. The molecule has 4 nitrogen and oxygen atoms in total. The minimum atomic E-state index is 0.326. The number of rotatable bonds is 8. The normalized spacial score (nSPS) is 10.8. The first-order chi connectivity index (χ1) is 8.24. The fourth-order valence-corrected chi connectivity index (χ4v) is 1.41. The Morgan fingerprint density at radius 3 is 2.53 bits per heavy atom. The molecule has 17 heavy (non-hydrogen) atoms. The highest BCUT2D eigenvalue weighted by Crippen LogP contribution is 2.17. The van der Waals surface area contributed by atoms with Crippen molar-refractivity contribution in [3.8, 4) is 0 Å². The van der Waals surface area contributed by atoms with Crippen molar-refractivity contribution < 1.29 is 14.2 Å². The SMILES string of the molecule is COCCOCCOCc1nc(Cl)ccc1Cl.